The van der Waals surface area contributed by atoms with Crippen LogP contribution >= 0.6 is 0 Å². The summed E-state index contributed by atoms with van der Waals surface area (Å²) in [7, 11) is 6.21. The number of amides is 1. The van der Waals surface area contributed by atoms with Crippen LogP contribution in [-0.2, 0) is 20.9 Å². The molecule has 7 heteroatoms. The number of hydrogen-bond donors (Lipinski definition) is 0. The molecule has 1 amide bonds. The second-order valence-corrected chi connectivity index (χ2v) is 6.55. The molecule has 0 aromatic heterocycles. The molecule has 0 aliphatic carbocycles. The van der Waals surface area contributed by atoms with Crippen LogP contribution in [0.2, 0.25) is 0 Å². The number of likely N-dealkylation sites (N-methyl/N-ethyl adjacent to an activating group) is 1. The van der Waals surface area contributed by atoms with Crippen LogP contribution in [0.15, 0.2) is 48.5 Å². The van der Waals surface area contributed by atoms with Crippen LogP contribution in [0.25, 0.3) is 6.08 Å². The van der Waals surface area contributed by atoms with E-state index in [4.69, 9.17) is 18.9 Å². The van der Waals surface area contributed by atoms with Gasteiger partial charge in [-0.3, -0.25) is 4.79 Å². The third-order valence-electron chi connectivity index (χ3n) is 4.38. The summed E-state index contributed by atoms with van der Waals surface area (Å²) in [6, 6.07) is 13.0. The molecule has 0 radical (unpaired) electrons. The fourth-order valence-electron chi connectivity index (χ4n) is 2.87. The second kappa shape index (κ2) is 10.9. The van der Waals surface area contributed by atoms with Crippen molar-refractivity contribution in [2.45, 2.75) is 19.6 Å². The largest absolute Gasteiger partial charge is 0.493 e. The maximum atomic E-state index is 12.5. The predicted octanol–water partition coefficient (Wildman–Crippen LogP) is 3.32. The topological polar surface area (TPSA) is 74.3 Å². The molecule has 0 N–H and O–H groups in total. The lowest BCUT2D eigenvalue weighted by atomic mass is 10.1. The molecule has 0 fully saturated rings. The highest BCUT2D eigenvalue weighted by atomic mass is 16.5. The summed E-state index contributed by atoms with van der Waals surface area (Å²) < 4.78 is 21.1. The molecule has 0 spiro atoms. The molecule has 2 aromatic rings. The van der Waals surface area contributed by atoms with Crippen LogP contribution in [-0.4, -0.2) is 51.3 Å². The van der Waals surface area contributed by atoms with E-state index in [0.29, 0.717) is 29.4 Å². The number of methoxy groups -OCH3 is 3. The Hall–Kier alpha value is -3.48. The minimum absolute atomic E-state index is 0.284. The molecule has 160 valence electrons. The average molecular weight is 413 g/mol. The first kappa shape index (κ1) is 22.8. The van der Waals surface area contributed by atoms with Gasteiger partial charge < -0.3 is 23.8 Å². The van der Waals surface area contributed by atoms with Gasteiger partial charge in [-0.1, -0.05) is 30.3 Å². The third-order valence-corrected chi connectivity index (χ3v) is 4.38. The first-order valence-electron chi connectivity index (χ1n) is 9.37. The number of ether oxygens (including phenoxy) is 4. The van der Waals surface area contributed by atoms with Gasteiger partial charge in [-0.15, -0.1) is 0 Å². The van der Waals surface area contributed by atoms with Gasteiger partial charge >= 0.3 is 5.97 Å². The molecule has 30 heavy (non-hydrogen) atoms. The van der Waals surface area contributed by atoms with E-state index in [1.54, 1.807) is 32.2 Å². The van der Waals surface area contributed by atoms with Crippen molar-refractivity contribution < 1.29 is 28.5 Å². The van der Waals surface area contributed by atoms with E-state index < -0.39 is 12.1 Å². The molecule has 1 atom stereocenters. The number of benzene rings is 2. The number of rotatable bonds is 9. The SMILES string of the molecule is COc1cc(/C=C/C(=O)O[C@@H](C)C(=O)N(C)Cc2ccccc2)cc(OC)c1OC. The molecule has 0 unspecified atom stereocenters. The zero-order valence-corrected chi connectivity index (χ0v) is 17.9. The van der Waals surface area contributed by atoms with Crippen molar-refractivity contribution in [3.8, 4) is 17.2 Å². The molecular weight excluding hydrogens is 386 g/mol. The monoisotopic (exact) mass is 413 g/mol. The Morgan fingerprint density at radius 2 is 1.60 bits per heavy atom. The molecule has 0 heterocycles. The number of carbonyl (C=O) groups excluding carboxylic acids is 2. The quantitative estimate of drug-likeness (QED) is 0.464. The van der Waals surface area contributed by atoms with Crippen molar-refractivity contribution in [1.82, 2.24) is 4.90 Å². The van der Waals surface area contributed by atoms with Gasteiger partial charge in [0.15, 0.2) is 17.6 Å². The molecule has 2 rings (SSSR count). The standard InChI is InChI=1S/C23H27NO6/c1-16(23(26)24(2)15-17-9-7-6-8-10-17)30-21(25)12-11-18-13-19(27-3)22(29-5)20(14-18)28-4/h6-14,16H,15H2,1-5H3/b12-11+/t16-/m0/s1. The van der Waals surface area contributed by atoms with Crippen molar-refractivity contribution >= 4 is 18.0 Å². The zero-order chi connectivity index (χ0) is 22.1. The number of esters is 1. The molecule has 0 bridgehead atoms. The highest BCUT2D eigenvalue weighted by Gasteiger charge is 2.21. The number of hydrogen-bond acceptors (Lipinski definition) is 6. The van der Waals surface area contributed by atoms with Gasteiger partial charge in [-0.2, -0.15) is 0 Å². The van der Waals surface area contributed by atoms with Crippen molar-refractivity contribution in [3.05, 3.63) is 59.7 Å². The van der Waals surface area contributed by atoms with E-state index in [-0.39, 0.29) is 5.91 Å². The van der Waals surface area contributed by atoms with Gasteiger partial charge in [0.25, 0.3) is 5.91 Å². The lowest BCUT2D eigenvalue weighted by Gasteiger charge is -2.21. The van der Waals surface area contributed by atoms with Crippen molar-refractivity contribution in [3.63, 3.8) is 0 Å². The Balaban J connectivity index is 2.00. The van der Waals surface area contributed by atoms with Crippen LogP contribution in [0.4, 0.5) is 0 Å². The van der Waals surface area contributed by atoms with Gasteiger partial charge in [0.05, 0.1) is 21.3 Å². The van der Waals surface area contributed by atoms with Gasteiger partial charge in [0.2, 0.25) is 5.75 Å². The van der Waals surface area contributed by atoms with Crippen molar-refractivity contribution in [2.24, 2.45) is 0 Å². The Labute approximate surface area is 176 Å². The molecule has 0 saturated carbocycles. The number of carbonyl (C=O) groups is 2. The first-order chi connectivity index (χ1) is 14.4. The Morgan fingerprint density at radius 3 is 2.13 bits per heavy atom. The second-order valence-electron chi connectivity index (χ2n) is 6.55. The third kappa shape index (κ3) is 6.01. The molecule has 7 nitrogen and oxygen atoms in total. The minimum atomic E-state index is -0.907. The normalized spacial score (nSPS) is 11.6. The average Bonchev–Trinajstić information content (AvgIpc) is 2.76. The van der Waals surface area contributed by atoms with Crippen LogP contribution in [0, 0.1) is 0 Å². The minimum Gasteiger partial charge on any atom is -0.493 e. The Kier molecular flexibility index (Phi) is 8.29. The van der Waals surface area contributed by atoms with E-state index in [2.05, 4.69) is 0 Å². The van der Waals surface area contributed by atoms with Crippen LogP contribution in [0.3, 0.4) is 0 Å². The van der Waals surface area contributed by atoms with Gasteiger partial charge in [-0.25, -0.2) is 4.79 Å². The van der Waals surface area contributed by atoms with E-state index >= 15 is 0 Å². The van der Waals surface area contributed by atoms with Crippen LogP contribution < -0.4 is 14.2 Å². The molecule has 0 saturated heterocycles. The maximum absolute atomic E-state index is 12.5. The lowest BCUT2D eigenvalue weighted by molar-refractivity contribution is -0.154. The summed E-state index contributed by atoms with van der Waals surface area (Å²) in [6.45, 7) is 1.98. The fraction of sp³-hybridized carbons (Fsp3) is 0.304. The summed E-state index contributed by atoms with van der Waals surface area (Å²) >= 11 is 0. The Bertz CT molecular complexity index is 869. The van der Waals surface area contributed by atoms with Crippen molar-refractivity contribution in [1.29, 1.82) is 0 Å². The summed E-state index contributed by atoms with van der Waals surface area (Å²) in [5.41, 5.74) is 1.65. The fourth-order valence-corrected chi connectivity index (χ4v) is 2.87. The van der Waals surface area contributed by atoms with Crippen LogP contribution in [0.1, 0.15) is 18.1 Å². The lowest BCUT2D eigenvalue weighted by Crippen LogP contribution is -2.36. The van der Waals surface area contributed by atoms with Gasteiger partial charge in [0, 0.05) is 19.7 Å². The summed E-state index contributed by atoms with van der Waals surface area (Å²) in [5.74, 6) is 0.485. The van der Waals surface area contributed by atoms with Gasteiger partial charge in [0.1, 0.15) is 0 Å². The number of nitrogens with zero attached hydrogens (tertiary/aromatic N) is 1. The first-order valence-corrected chi connectivity index (χ1v) is 9.37. The molecule has 0 aliphatic heterocycles. The van der Waals surface area contributed by atoms with E-state index in [1.807, 2.05) is 30.3 Å². The maximum Gasteiger partial charge on any atom is 0.331 e. The highest BCUT2D eigenvalue weighted by molar-refractivity contribution is 5.90. The van der Waals surface area contributed by atoms with Crippen LogP contribution in [0.5, 0.6) is 17.2 Å². The summed E-state index contributed by atoms with van der Waals surface area (Å²) in [6.07, 6.45) is 1.90. The van der Waals surface area contributed by atoms with E-state index in [9.17, 15) is 9.59 Å². The highest BCUT2D eigenvalue weighted by Crippen LogP contribution is 2.38. The zero-order valence-electron chi connectivity index (χ0n) is 17.9. The van der Waals surface area contributed by atoms with E-state index in [0.717, 1.165) is 5.56 Å². The van der Waals surface area contributed by atoms with E-state index in [1.165, 1.54) is 32.3 Å². The van der Waals surface area contributed by atoms with Gasteiger partial charge in [-0.05, 0) is 36.3 Å². The predicted molar refractivity (Wildman–Crippen MR) is 114 cm³/mol. The summed E-state index contributed by atoms with van der Waals surface area (Å²) in [4.78, 5) is 26.2. The molecule has 0 aliphatic rings. The molecule has 2 aromatic carbocycles. The molecular formula is C23H27NO6. The smallest absolute Gasteiger partial charge is 0.331 e. The Morgan fingerprint density at radius 1 is 1.00 bits per heavy atom. The summed E-state index contributed by atoms with van der Waals surface area (Å²) in [5, 5.41) is 0. The van der Waals surface area contributed by atoms with Crippen molar-refractivity contribution in [2.75, 3.05) is 28.4 Å².